The van der Waals surface area contributed by atoms with Crippen molar-refractivity contribution in [3.8, 4) is 0 Å². The molecule has 6 heteroatoms. The first kappa shape index (κ1) is 10.0. The van der Waals surface area contributed by atoms with E-state index in [1.54, 1.807) is 19.5 Å². The van der Waals surface area contributed by atoms with E-state index in [1.165, 1.54) is 0 Å². The van der Waals surface area contributed by atoms with Crippen molar-refractivity contribution >= 4 is 5.65 Å². The average molecular weight is 207 g/mol. The Bertz CT molecular complexity index is 437. The van der Waals surface area contributed by atoms with Crippen LogP contribution in [0.4, 0.5) is 0 Å². The Hall–Kier alpha value is -1.53. The number of aromatic nitrogens is 4. The molecule has 0 aliphatic rings. The summed E-state index contributed by atoms with van der Waals surface area (Å²) in [5.74, 6) is 0.838. The van der Waals surface area contributed by atoms with E-state index >= 15 is 0 Å². The molecule has 0 aliphatic heterocycles. The van der Waals surface area contributed by atoms with E-state index in [2.05, 4.69) is 15.2 Å². The van der Waals surface area contributed by atoms with Crippen molar-refractivity contribution in [3.05, 3.63) is 24.4 Å². The third-order valence-corrected chi connectivity index (χ3v) is 2.29. The second kappa shape index (κ2) is 4.33. The molecule has 6 nitrogen and oxygen atoms in total. The summed E-state index contributed by atoms with van der Waals surface area (Å²) in [5.41, 5.74) is 6.28. The summed E-state index contributed by atoms with van der Waals surface area (Å²) in [5, 5.41) is 8.06. The van der Waals surface area contributed by atoms with Crippen LogP contribution >= 0.6 is 0 Å². The number of hydrogen-bond donors (Lipinski definition) is 1. The van der Waals surface area contributed by atoms with E-state index in [4.69, 9.17) is 10.5 Å². The molecule has 2 aromatic rings. The van der Waals surface area contributed by atoms with Gasteiger partial charge in [0.05, 0.1) is 12.3 Å². The van der Waals surface area contributed by atoms with Crippen LogP contribution in [0.15, 0.2) is 18.6 Å². The van der Waals surface area contributed by atoms with Crippen LogP contribution in [0.5, 0.6) is 0 Å². The zero-order valence-corrected chi connectivity index (χ0v) is 8.50. The van der Waals surface area contributed by atoms with Crippen LogP contribution in [0.3, 0.4) is 0 Å². The molecule has 80 valence electrons. The number of ether oxygens (including phenoxy) is 1. The van der Waals surface area contributed by atoms with Crippen LogP contribution in [0.2, 0.25) is 0 Å². The minimum absolute atomic E-state index is 0.0226. The lowest BCUT2D eigenvalue weighted by Gasteiger charge is -2.10. The van der Waals surface area contributed by atoms with Gasteiger partial charge in [0.25, 0.3) is 0 Å². The molecule has 2 rings (SSSR count). The van der Waals surface area contributed by atoms with Crippen LogP contribution in [0.1, 0.15) is 5.82 Å². The highest BCUT2D eigenvalue weighted by Crippen LogP contribution is 2.04. The zero-order valence-electron chi connectivity index (χ0n) is 8.50. The first-order chi connectivity index (χ1) is 7.35. The number of methoxy groups -OCH3 is 1. The molecule has 0 radical (unpaired) electrons. The Morgan fingerprint density at radius 1 is 1.53 bits per heavy atom. The highest BCUT2D eigenvalue weighted by Gasteiger charge is 2.11. The summed E-state index contributed by atoms with van der Waals surface area (Å²) >= 11 is 0. The summed E-state index contributed by atoms with van der Waals surface area (Å²) in [7, 11) is 1.64. The molecule has 0 saturated heterocycles. The lowest BCUT2D eigenvalue weighted by atomic mass is 10.2. The van der Waals surface area contributed by atoms with Crippen molar-refractivity contribution < 1.29 is 4.74 Å². The molecule has 2 aromatic heterocycles. The van der Waals surface area contributed by atoms with Gasteiger partial charge >= 0.3 is 0 Å². The number of rotatable bonds is 4. The van der Waals surface area contributed by atoms with Gasteiger partial charge in [0.15, 0.2) is 5.65 Å². The van der Waals surface area contributed by atoms with Gasteiger partial charge in [-0.15, -0.1) is 10.2 Å². The van der Waals surface area contributed by atoms with E-state index < -0.39 is 0 Å². The SMILES string of the molecule is COC(CN)Cc1nnc2cnccn12. The Balaban J connectivity index is 2.28. The lowest BCUT2D eigenvalue weighted by Crippen LogP contribution is -2.25. The number of nitrogens with two attached hydrogens (primary N) is 1. The van der Waals surface area contributed by atoms with Gasteiger partial charge in [-0.25, -0.2) is 0 Å². The van der Waals surface area contributed by atoms with E-state index in [1.807, 2.05) is 10.6 Å². The van der Waals surface area contributed by atoms with Gasteiger partial charge in [0.2, 0.25) is 0 Å². The van der Waals surface area contributed by atoms with Crippen LogP contribution < -0.4 is 5.73 Å². The maximum Gasteiger partial charge on any atom is 0.179 e. The molecule has 0 aliphatic carbocycles. The second-order valence-electron chi connectivity index (χ2n) is 3.22. The molecule has 0 fully saturated rings. The maximum absolute atomic E-state index is 5.55. The Kier molecular flexibility index (Phi) is 2.89. The highest BCUT2D eigenvalue weighted by atomic mass is 16.5. The quantitative estimate of drug-likeness (QED) is 0.740. The summed E-state index contributed by atoms with van der Waals surface area (Å²) in [6, 6.07) is 0. The van der Waals surface area contributed by atoms with Crippen LogP contribution in [-0.2, 0) is 11.2 Å². The van der Waals surface area contributed by atoms with E-state index in [0.29, 0.717) is 13.0 Å². The van der Waals surface area contributed by atoms with Gasteiger partial charge < -0.3 is 10.5 Å². The molecule has 0 aromatic carbocycles. The molecule has 2 N–H and O–H groups in total. The Morgan fingerprint density at radius 2 is 2.40 bits per heavy atom. The summed E-state index contributed by atoms with van der Waals surface area (Å²) in [6.07, 6.45) is 5.82. The minimum atomic E-state index is -0.0226. The van der Waals surface area contributed by atoms with Crippen molar-refractivity contribution in [3.63, 3.8) is 0 Å². The topological polar surface area (TPSA) is 78.3 Å². The first-order valence-corrected chi connectivity index (χ1v) is 4.71. The molecule has 15 heavy (non-hydrogen) atoms. The molecular weight excluding hydrogens is 194 g/mol. The Labute approximate surface area is 87.1 Å². The second-order valence-corrected chi connectivity index (χ2v) is 3.22. The minimum Gasteiger partial charge on any atom is -0.380 e. The number of hydrogen-bond acceptors (Lipinski definition) is 5. The van der Waals surface area contributed by atoms with Gasteiger partial charge in [-0.2, -0.15) is 0 Å². The molecule has 0 bridgehead atoms. The molecule has 0 amide bonds. The standard InChI is InChI=1S/C9H13N5O/c1-15-7(5-10)4-8-12-13-9-6-11-2-3-14(8)9/h2-3,6-7H,4-5,10H2,1H3. The van der Waals surface area contributed by atoms with Crippen molar-refractivity contribution in [1.82, 2.24) is 19.6 Å². The zero-order chi connectivity index (χ0) is 10.7. The van der Waals surface area contributed by atoms with Crippen molar-refractivity contribution in [2.24, 2.45) is 5.73 Å². The van der Waals surface area contributed by atoms with Crippen LogP contribution in [0, 0.1) is 0 Å². The average Bonchev–Trinajstić information content (AvgIpc) is 2.69. The monoisotopic (exact) mass is 207 g/mol. The third-order valence-electron chi connectivity index (χ3n) is 2.29. The summed E-state index contributed by atoms with van der Waals surface area (Å²) in [6.45, 7) is 0.469. The molecule has 0 spiro atoms. The predicted molar refractivity (Wildman–Crippen MR) is 54.3 cm³/mol. The van der Waals surface area contributed by atoms with Crippen molar-refractivity contribution in [2.75, 3.05) is 13.7 Å². The fourth-order valence-corrected chi connectivity index (χ4v) is 1.41. The van der Waals surface area contributed by atoms with Gasteiger partial charge in [-0.1, -0.05) is 0 Å². The molecule has 2 heterocycles. The van der Waals surface area contributed by atoms with Crippen molar-refractivity contribution in [2.45, 2.75) is 12.5 Å². The largest absolute Gasteiger partial charge is 0.380 e. The van der Waals surface area contributed by atoms with Gasteiger partial charge in [0.1, 0.15) is 5.82 Å². The van der Waals surface area contributed by atoms with Crippen LogP contribution in [0.25, 0.3) is 5.65 Å². The summed E-state index contributed by atoms with van der Waals surface area (Å²) < 4.78 is 7.08. The van der Waals surface area contributed by atoms with Crippen molar-refractivity contribution in [1.29, 1.82) is 0 Å². The maximum atomic E-state index is 5.55. The number of fused-ring (bicyclic) bond motifs is 1. The predicted octanol–water partition coefficient (Wildman–Crippen LogP) is -0.360. The van der Waals surface area contributed by atoms with Gasteiger partial charge in [-0.3, -0.25) is 9.38 Å². The van der Waals surface area contributed by atoms with E-state index in [9.17, 15) is 0 Å². The van der Waals surface area contributed by atoms with Gasteiger partial charge in [-0.05, 0) is 0 Å². The van der Waals surface area contributed by atoms with Gasteiger partial charge in [0, 0.05) is 32.5 Å². The fraction of sp³-hybridized carbons (Fsp3) is 0.444. The highest BCUT2D eigenvalue weighted by molar-refractivity contribution is 5.33. The first-order valence-electron chi connectivity index (χ1n) is 4.71. The summed E-state index contributed by atoms with van der Waals surface area (Å²) in [4.78, 5) is 3.97. The molecular formula is C9H13N5O. The molecule has 0 saturated carbocycles. The normalized spacial score (nSPS) is 13.2. The van der Waals surface area contributed by atoms with Crippen LogP contribution in [-0.4, -0.2) is 39.3 Å². The van der Waals surface area contributed by atoms with E-state index in [-0.39, 0.29) is 6.10 Å². The van der Waals surface area contributed by atoms with E-state index in [0.717, 1.165) is 11.5 Å². The molecule has 1 unspecified atom stereocenters. The smallest absolute Gasteiger partial charge is 0.179 e. The fourth-order valence-electron chi connectivity index (χ4n) is 1.41. The number of nitrogens with zero attached hydrogens (tertiary/aromatic N) is 4. The third kappa shape index (κ3) is 1.95. The molecule has 1 atom stereocenters. The lowest BCUT2D eigenvalue weighted by molar-refractivity contribution is 0.108. The Morgan fingerprint density at radius 3 is 3.13 bits per heavy atom.